The molecular weight excluding hydrogens is 306 g/mol. The zero-order valence-electron chi connectivity index (χ0n) is 12.6. The van der Waals surface area contributed by atoms with Crippen molar-refractivity contribution in [3.8, 4) is 0 Å². The Labute approximate surface area is 139 Å². The second-order valence-corrected chi connectivity index (χ2v) is 5.94. The monoisotopic (exact) mass is 323 g/mol. The molecule has 0 aliphatic carbocycles. The second-order valence-electron chi connectivity index (χ2n) is 5.03. The van der Waals surface area contributed by atoms with Crippen LogP contribution in [0, 0.1) is 0 Å². The van der Waals surface area contributed by atoms with Crippen molar-refractivity contribution in [3.63, 3.8) is 0 Å². The van der Waals surface area contributed by atoms with Crippen molar-refractivity contribution in [1.29, 1.82) is 0 Å². The summed E-state index contributed by atoms with van der Waals surface area (Å²) in [5, 5.41) is 6.08. The van der Waals surface area contributed by atoms with Crippen LogP contribution in [-0.4, -0.2) is 12.6 Å². The van der Waals surface area contributed by atoms with E-state index in [1.54, 1.807) is 11.3 Å². The number of fused-ring (bicyclic) bond motifs is 1. The lowest BCUT2D eigenvalue weighted by Crippen LogP contribution is -2.24. The zero-order valence-corrected chi connectivity index (χ0v) is 13.4. The summed E-state index contributed by atoms with van der Waals surface area (Å²) in [6.45, 7) is 0.726. The second kappa shape index (κ2) is 7.61. The van der Waals surface area contributed by atoms with E-state index in [1.807, 2.05) is 54.6 Å². The molecule has 0 saturated heterocycles. The van der Waals surface area contributed by atoms with Crippen LogP contribution in [0.1, 0.15) is 11.1 Å². The van der Waals surface area contributed by atoms with Gasteiger partial charge in [-0.05, 0) is 28.0 Å². The molecule has 0 bridgehead atoms. The number of hydrogen-bond donors (Lipinski definition) is 1. The highest BCUT2D eigenvalue weighted by atomic mass is 32.1. The van der Waals surface area contributed by atoms with E-state index in [9.17, 15) is 4.79 Å². The van der Waals surface area contributed by atoms with Crippen molar-refractivity contribution in [2.45, 2.75) is 6.61 Å². The van der Waals surface area contributed by atoms with Crippen LogP contribution in [0.5, 0.6) is 0 Å². The molecule has 0 saturated carbocycles. The SMILES string of the molecule is O=C(NCC=Cc1csc2ccccc12)OCc1ccccc1. The molecule has 1 heterocycles. The normalized spacial score (nSPS) is 11.0. The van der Waals surface area contributed by atoms with Crippen molar-refractivity contribution in [3.05, 3.63) is 77.2 Å². The molecule has 3 rings (SSSR count). The molecule has 0 spiro atoms. The number of rotatable bonds is 5. The number of ether oxygens (including phenoxy) is 1. The van der Waals surface area contributed by atoms with Crippen molar-refractivity contribution in [2.75, 3.05) is 6.54 Å². The minimum atomic E-state index is -0.409. The minimum Gasteiger partial charge on any atom is -0.445 e. The quantitative estimate of drug-likeness (QED) is 0.729. The van der Waals surface area contributed by atoms with Gasteiger partial charge in [0.1, 0.15) is 6.61 Å². The average molecular weight is 323 g/mol. The van der Waals surface area contributed by atoms with Crippen molar-refractivity contribution >= 4 is 33.6 Å². The Morgan fingerprint density at radius 2 is 1.87 bits per heavy atom. The van der Waals surface area contributed by atoms with E-state index in [-0.39, 0.29) is 6.61 Å². The lowest BCUT2D eigenvalue weighted by Gasteiger charge is -2.05. The Balaban J connectivity index is 1.46. The van der Waals surface area contributed by atoms with Gasteiger partial charge in [-0.15, -0.1) is 11.3 Å². The van der Waals surface area contributed by atoms with Crippen LogP contribution in [0.15, 0.2) is 66.1 Å². The summed E-state index contributed by atoms with van der Waals surface area (Å²) in [6, 6.07) is 17.9. The first-order valence-electron chi connectivity index (χ1n) is 7.40. The van der Waals surface area contributed by atoms with E-state index in [4.69, 9.17) is 4.74 Å². The molecule has 3 aromatic rings. The lowest BCUT2D eigenvalue weighted by atomic mass is 10.2. The van der Waals surface area contributed by atoms with Gasteiger partial charge in [-0.1, -0.05) is 60.7 Å². The molecule has 1 amide bonds. The molecule has 1 N–H and O–H groups in total. The molecule has 0 unspecified atom stereocenters. The highest BCUT2D eigenvalue weighted by Gasteiger charge is 2.01. The number of thiophene rings is 1. The Morgan fingerprint density at radius 1 is 1.09 bits per heavy atom. The van der Waals surface area contributed by atoms with Gasteiger partial charge >= 0.3 is 6.09 Å². The Bertz CT molecular complexity index is 808. The summed E-state index contributed by atoms with van der Waals surface area (Å²) in [5.41, 5.74) is 2.15. The van der Waals surface area contributed by atoms with Crippen LogP contribution in [0.3, 0.4) is 0 Å². The maximum atomic E-state index is 11.6. The van der Waals surface area contributed by atoms with E-state index in [1.165, 1.54) is 15.6 Å². The topological polar surface area (TPSA) is 38.3 Å². The average Bonchev–Trinajstić information content (AvgIpc) is 3.01. The van der Waals surface area contributed by atoms with Crippen LogP contribution in [-0.2, 0) is 11.3 Å². The molecule has 4 heteroatoms. The predicted molar refractivity (Wildman–Crippen MR) is 95.5 cm³/mol. The fraction of sp³-hybridized carbons (Fsp3) is 0.105. The molecule has 1 aromatic heterocycles. The smallest absolute Gasteiger partial charge is 0.407 e. The van der Waals surface area contributed by atoms with E-state index < -0.39 is 6.09 Å². The van der Waals surface area contributed by atoms with Gasteiger partial charge in [-0.2, -0.15) is 0 Å². The van der Waals surface area contributed by atoms with Gasteiger partial charge in [-0.25, -0.2) is 4.79 Å². The largest absolute Gasteiger partial charge is 0.445 e. The van der Waals surface area contributed by atoms with Crippen LogP contribution in [0.4, 0.5) is 4.79 Å². The molecule has 3 nitrogen and oxygen atoms in total. The van der Waals surface area contributed by atoms with Gasteiger partial charge in [0.05, 0.1) is 0 Å². The summed E-state index contributed by atoms with van der Waals surface area (Å²) < 4.78 is 6.42. The molecule has 0 radical (unpaired) electrons. The summed E-state index contributed by atoms with van der Waals surface area (Å²) in [5.74, 6) is 0. The molecule has 0 aliphatic heterocycles. The first-order valence-corrected chi connectivity index (χ1v) is 8.28. The fourth-order valence-electron chi connectivity index (χ4n) is 2.23. The summed E-state index contributed by atoms with van der Waals surface area (Å²) in [6.07, 6.45) is 3.54. The molecule has 2 aromatic carbocycles. The zero-order chi connectivity index (χ0) is 15.9. The highest BCUT2D eigenvalue weighted by Crippen LogP contribution is 2.26. The number of carbonyl (C=O) groups excluding carboxylic acids is 1. The van der Waals surface area contributed by atoms with Gasteiger partial charge in [0.25, 0.3) is 0 Å². The molecule has 23 heavy (non-hydrogen) atoms. The summed E-state index contributed by atoms with van der Waals surface area (Å²) >= 11 is 1.72. The Hall–Kier alpha value is -2.59. The minimum absolute atomic E-state index is 0.283. The lowest BCUT2D eigenvalue weighted by molar-refractivity contribution is 0.141. The fourth-order valence-corrected chi connectivity index (χ4v) is 3.16. The third-order valence-corrected chi connectivity index (χ3v) is 4.37. The predicted octanol–water partition coefficient (Wildman–Crippen LogP) is 4.84. The number of carbonyl (C=O) groups is 1. The van der Waals surface area contributed by atoms with Gasteiger partial charge in [-0.3, -0.25) is 0 Å². The number of amides is 1. The van der Waals surface area contributed by atoms with Crippen LogP contribution in [0.2, 0.25) is 0 Å². The highest BCUT2D eigenvalue weighted by molar-refractivity contribution is 7.17. The molecule has 0 fully saturated rings. The maximum Gasteiger partial charge on any atom is 0.407 e. The van der Waals surface area contributed by atoms with Gasteiger partial charge in [0.15, 0.2) is 0 Å². The molecule has 0 atom stereocenters. The van der Waals surface area contributed by atoms with Crippen LogP contribution in [0.25, 0.3) is 16.2 Å². The summed E-state index contributed by atoms with van der Waals surface area (Å²) in [4.78, 5) is 11.6. The Morgan fingerprint density at radius 3 is 2.74 bits per heavy atom. The molecule has 0 aliphatic rings. The van der Waals surface area contributed by atoms with Crippen LogP contribution >= 0.6 is 11.3 Å². The summed E-state index contributed by atoms with van der Waals surface area (Å²) in [7, 11) is 0. The molecular formula is C19H17NO2S. The number of alkyl carbamates (subject to hydrolysis) is 1. The van der Waals surface area contributed by atoms with Crippen LogP contribution < -0.4 is 5.32 Å². The van der Waals surface area contributed by atoms with Gasteiger partial charge in [0.2, 0.25) is 0 Å². The van der Waals surface area contributed by atoms with E-state index in [0.717, 1.165) is 5.56 Å². The third-order valence-electron chi connectivity index (χ3n) is 3.39. The van der Waals surface area contributed by atoms with E-state index in [2.05, 4.69) is 22.8 Å². The first kappa shape index (κ1) is 15.3. The first-order chi connectivity index (χ1) is 11.3. The molecule has 116 valence electrons. The van der Waals surface area contributed by atoms with Crippen molar-refractivity contribution < 1.29 is 9.53 Å². The van der Waals surface area contributed by atoms with Crippen molar-refractivity contribution in [2.24, 2.45) is 0 Å². The number of nitrogens with one attached hydrogen (secondary N) is 1. The van der Waals surface area contributed by atoms with Gasteiger partial charge in [0, 0.05) is 11.2 Å². The number of benzene rings is 2. The Kier molecular flexibility index (Phi) is 5.06. The standard InChI is InChI=1S/C19H17NO2S/c21-19(22-13-15-7-2-1-3-8-15)20-12-6-9-16-14-23-18-11-5-4-10-17(16)18/h1-11,14H,12-13H2,(H,20,21). The number of hydrogen-bond acceptors (Lipinski definition) is 3. The third kappa shape index (κ3) is 4.20. The van der Waals surface area contributed by atoms with Gasteiger partial charge < -0.3 is 10.1 Å². The van der Waals surface area contributed by atoms with E-state index >= 15 is 0 Å². The maximum absolute atomic E-state index is 11.6. The van der Waals surface area contributed by atoms with E-state index in [0.29, 0.717) is 6.54 Å². The van der Waals surface area contributed by atoms with Crippen molar-refractivity contribution in [1.82, 2.24) is 5.32 Å².